The molecule has 174 valence electrons. The number of benzene rings is 1. The molecule has 0 bridgehead atoms. The fraction of sp³-hybridized carbons (Fsp3) is 0.577. The predicted octanol–water partition coefficient (Wildman–Crippen LogP) is 3.89. The van der Waals surface area contributed by atoms with Gasteiger partial charge >= 0.3 is 0 Å². The number of aromatic nitrogens is 4. The highest BCUT2D eigenvalue weighted by molar-refractivity contribution is 5.84. The molecular weight excluding hydrogens is 412 g/mol. The van der Waals surface area contributed by atoms with Crippen LogP contribution in [-0.4, -0.2) is 63.8 Å². The summed E-state index contributed by atoms with van der Waals surface area (Å²) < 4.78 is 7.38. The summed E-state index contributed by atoms with van der Waals surface area (Å²) in [4.78, 5) is 2.72. The maximum Gasteiger partial charge on any atom is 0.149 e. The molecule has 0 spiro atoms. The Labute approximate surface area is 195 Å². The number of aryl methyl sites for hydroxylation is 2. The van der Waals surface area contributed by atoms with Crippen LogP contribution < -0.4 is 5.32 Å². The van der Waals surface area contributed by atoms with Crippen molar-refractivity contribution in [1.82, 2.24) is 24.9 Å². The largest absolute Gasteiger partial charge is 0.381 e. The van der Waals surface area contributed by atoms with E-state index in [1.807, 2.05) is 17.9 Å². The minimum atomic E-state index is 0.511. The van der Waals surface area contributed by atoms with Gasteiger partial charge < -0.3 is 15.0 Å². The minimum Gasteiger partial charge on any atom is -0.381 e. The molecule has 0 radical (unpaired) electrons. The molecule has 7 heteroatoms. The standard InChI is InChI=1S/C26H34N6O/c1-17-9-25(28-29-26(17)19-3-4-24-22(10-19)14-31(2)30-24)27-23-11-20-15-32(16-21(20)12-23)13-18-5-7-33-8-6-18/h3-4,9-10,14,18,20-21,23H,5-8,11-13,15-16H2,1-2H3,(H,27,28)/t20-,21+,23-. The maximum absolute atomic E-state index is 5.53. The Morgan fingerprint density at radius 2 is 1.85 bits per heavy atom. The van der Waals surface area contributed by atoms with Crippen LogP contribution in [0.4, 0.5) is 5.82 Å². The quantitative estimate of drug-likeness (QED) is 0.641. The summed E-state index contributed by atoms with van der Waals surface area (Å²) in [6, 6.07) is 8.96. The van der Waals surface area contributed by atoms with Crippen LogP contribution in [0.2, 0.25) is 0 Å². The number of nitrogens with zero attached hydrogens (tertiary/aromatic N) is 5. The van der Waals surface area contributed by atoms with E-state index in [1.54, 1.807) is 0 Å². The first-order chi connectivity index (χ1) is 16.1. The van der Waals surface area contributed by atoms with Gasteiger partial charge in [-0.3, -0.25) is 4.68 Å². The highest BCUT2D eigenvalue weighted by atomic mass is 16.5. The SMILES string of the molecule is Cc1cc(N[C@@H]2C[C@@H]3CN(CC4CCOCC4)C[C@@H]3C2)nnc1-c1ccc2nn(C)cc2c1. The number of anilines is 1. The van der Waals surface area contributed by atoms with Crippen LogP contribution in [0.3, 0.4) is 0 Å². The lowest BCUT2D eigenvalue weighted by atomic mass is 10.00. The molecule has 3 aromatic rings. The summed E-state index contributed by atoms with van der Waals surface area (Å²) in [6.45, 7) is 7.83. The van der Waals surface area contributed by atoms with Crippen LogP contribution in [0.15, 0.2) is 30.5 Å². The Hall–Kier alpha value is -2.51. The normalized spacial score (nSPS) is 26.2. The minimum absolute atomic E-state index is 0.511. The highest BCUT2D eigenvalue weighted by Gasteiger charge is 2.41. The average Bonchev–Trinajstić information content (AvgIpc) is 3.46. The van der Waals surface area contributed by atoms with E-state index in [-0.39, 0.29) is 0 Å². The zero-order chi connectivity index (χ0) is 22.4. The van der Waals surface area contributed by atoms with E-state index >= 15 is 0 Å². The van der Waals surface area contributed by atoms with Crippen molar-refractivity contribution < 1.29 is 4.74 Å². The van der Waals surface area contributed by atoms with Gasteiger partial charge in [0.25, 0.3) is 0 Å². The van der Waals surface area contributed by atoms with E-state index in [1.165, 1.54) is 45.3 Å². The van der Waals surface area contributed by atoms with Gasteiger partial charge in [-0.05, 0) is 74.1 Å². The molecule has 6 rings (SSSR count). The topological polar surface area (TPSA) is 68.1 Å². The molecule has 4 heterocycles. The average molecular weight is 447 g/mol. The third-order valence-corrected chi connectivity index (χ3v) is 7.91. The van der Waals surface area contributed by atoms with Crippen LogP contribution in [0.25, 0.3) is 22.2 Å². The van der Waals surface area contributed by atoms with E-state index in [2.05, 4.69) is 56.7 Å². The number of ether oxygens (including phenoxy) is 1. The van der Waals surface area contributed by atoms with Gasteiger partial charge in [0.15, 0.2) is 0 Å². The van der Waals surface area contributed by atoms with Gasteiger partial charge in [0.1, 0.15) is 5.82 Å². The summed E-state index contributed by atoms with van der Waals surface area (Å²) in [6.07, 6.45) is 7.00. The van der Waals surface area contributed by atoms with Gasteiger partial charge in [-0.1, -0.05) is 6.07 Å². The van der Waals surface area contributed by atoms with Crippen LogP contribution in [0.5, 0.6) is 0 Å². The lowest BCUT2D eigenvalue weighted by Gasteiger charge is -2.27. The lowest BCUT2D eigenvalue weighted by molar-refractivity contribution is 0.0545. The van der Waals surface area contributed by atoms with Crippen molar-refractivity contribution in [3.63, 3.8) is 0 Å². The molecule has 2 aliphatic heterocycles. The van der Waals surface area contributed by atoms with E-state index < -0.39 is 0 Å². The van der Waals surface area contributed by atoms with Gasteiger partial charge in [0, 0.05) is 63.1 Å². The van der Waals surface area contributed by atoms with Crippen molar-refractivity contribution in [2.45, 2.75) is 38.6 Å². The zero-order valence-electron chi connectivity index (χ0n) is 19.7. The third kappa shape index (κ3) is 4.36. The summed E-state index contributed by atoms with van der Waals surface area (Å²) in [5, 5.41) is 18.4. The number of nitrogens with one attached hydrogen (secondary N) is 1. The van der Waals surface area contributed by atoms with Crippen LogP contribution in [0.1, 0.15) is 31.2 Å². The fourth-order valence-corrected chi connectivity index (χ4v) is 6.30. The summed E-state index contributed by atoms with van der Waals surface area (Å²) in [5.41, 5.74) is 4.19. The molecule has 3 atom stereocenters. The third-order valence-electron chi connectivity index (χ3n) is 7.91. The molecule has 3 aliphatic rings. The smallest absolute Gasteiger partial charge is 0.149 e. The number of likely N-dealkylation sites (tertiary alicyclic amines) is 1. The molecule has 1 saturated carbocycles. The Morgan fingerprint density at radius 1 is 1.06 bits per heavy atom. The zero-order valence-corrected chi connectivity index (χ0v) is 19.7. The van der Waals surface area contributed by atoms with Gasteiger partial charge in [-0.25, -0.2) is 0 Å². The van der Waals surface area contributed by atoms with Gasteiger partial charge in [0.2, 0.25) is 0 Å². The second-order valence-electron chi connectivity index (χ2n) is 10.4. The Morgan fingerprint density at radius 3 is 2.61 bits per heavy atom. The Balaban J connectivity index is 1.07. The van der Waals surface area contributed by atoms with Crippen molar-refractivity contribution in [2.75, 3.05) is 38.2 Å². The fourth-order valence-electron chi connectivity index (χ4n) is 6.30. The van der Waals surface area contributed by atoms with E-state index in [0.717, 1.165) is 64.5 Å². The Kier molecular flexibility index (Phi) is 5.54. The van der Waals surface area contributed by atoms with Crippen molar-refractivity contribution in [3.05, 3.63) is 36.0 Å². The molecule has 7 nitrogen and oxygen atoms in total. The van der Waals surface area contributed by atoms with E-state index in [0.29, 0.717) is 6.04 Å². The summed E-state index contributed by atoms with van der Waals surface area (Å²) in [5.74, 6) is 3.38. The van der Waals surface area contributed by atoms with Gasteiger partial charge in [-0.2, -0.15) is 5.10 Å². The molecular formula is C26H34N6O. The summed E-state index contributed by atoms with van der Waals surface area (Å²) >= 11 is 0. The first-order valence-corrected chi connectivity index (χ1v) is 12.5. The maximum atomic E-state index is 5.53. The second-order valence-corrected chi connectivity index (χ2v) is 10.4. The van der Waals surface area contributed by atoms with Gasteiger partial charge in [-0.15, -0.1) is 10.2 Å². The van der Waals surface area contributed by atoms with Crippen molar-refractivity contribution in [1.29, 1.82) is 0 Å². The lowest BCUT2D eigenvalue weighted by Crippen LogP contribution is -2.32. The molecule has 1 aromatic carbocycles. The number of hydrogen-bond acceptors (Lipinski definition) is 6. The van der Waals surface area contributed by atoms with Gasteiger partial charge in [0.05, 0.1) is 11.2 Å². The molecule has 33 heavy (non-hydrogen) atoms. The van der Waals surface area contributed by atoms with Crippen LogP contribution in [-0.2, 0) is 11.8 Å². The van der Waals surface area contributed by atoms with E-state index in [9.17, 15) is 0 Å². The van der Waals surface area contributed by atoms with Crippen molar-refractivity contribution in [2.24, 2.45) is 24.8 Å². The van der Waals surface area contributed by atoms with Crippen molar-refractivity contribution in [3.8, 4) is 11.3 Å². The predicted molar refractivity (Wildman–Crippen MR) is 130 cm³/mol. The number of rotatable bonds is 5. The van der Waals surface area contributed by atoms with E-state index in [4.69, 9.17) is 4.74 Å². The number of fused-ring (bicyclic) bond motifs is 2. The van der Waals surface area contributed by atoms with Crippen LogP contribution in [0, 0.1) is 24.7 Å². The molecule has 1 aliphatic carbocycles. The first kappa shape index (κ1) is 21.1. The molecule has 0 unspecified atom stereocenters. The van der Waals surface area contributed by atoms with Crippen molar-refractivity contribution >= 4 is 16.7 Å². The highest BCUT2D eigenvalue weighted by Crippen LogP contribution is 2.40. The molecule has 0 amide bonds. The molecule has 1 N–H and O–H groups in total. The summed E-state index contributed by atoms with van der Waals surface area (Å²) in [7, 11) is 1.95. The Bertz CT molecular complexity index is 1120. The molecule has 2 saturated heterocycles. The second kappa shape index (κ2) is 8.69. The van der Waals surface area contributed by atoms with Crippen LogP contribution >= 0.6 is 0 Å². The first-order valence-electron chi connectivity index (χ1n) is 12.5. The monoisotopic (exact) mass is 446 g/mol. The number of hydrogen-bond donors (Lipinski definition) is 1. The molecule has 3 fully saturated rings. The molecule has 2 aromatic heterocycles.